The number of rotatable bonds is 7. The Kier molecular flexibility index (Phi) is 5.83. The minimum absolute atomic E-state index is 0.0116. The van der Waals surface area contributed by atoms with E-state index < -0.39 is 5.41 Å². The number of nitrogens with one attached hydrogen (secondary N) is 1. The van der Waals surface area contributed by atoms with Crippen molar-refractivity contribution in [1.82, 2.24) is 0 Å². The fourth-order valence-electron chi connectivity index (χ4n) is 1.34. The monoisotopic (exact) mass is 265 g/mol. The number of anilines is 1. The summed E-state index contributed by atoms with van der Waals surface area (Å²) >= 11 is 0. The number of hydrogen-bond acceptors (Lipinski definition) is 3. The van der Waals surface area contributed by atoms with Crippen LogP contribution in [0, 0.1) is 5.41 Å². The number of amides is 1. The van der Waals surface area contributed by atoms with Gasteiger partial charge in [-0.1, -0.05) is 32.9 Å². The number of para-hydroxylation sites is 2. The quantitative estimate of drug-likeness (QED) is 0.607. The summed E-state index contributed by atoms with van der Waals surface area (Å²) in [6.45, 7) is 8.52. The molecule has 0 heterocycles. The molecule has 0 aliphatic carbocycles. The normalized spacial score (nSPS) is 11.2. The van der Waals surface area contributed by atoms with Crippen LogP contribution in [0.1, 0.15) is 34.1 Å². The van der Waals surface area contributed by atoms with Gasteiger partial charge in [-0.05, 0) is 25.5 Å². The smallest absolute Gasteiger partial charge is 0.230 e. The van der Waals surface area contributed by atoms with Crippen molar-refractivity contribution >= 4 is 11.6 Å². The third kappa shape index (κ3) is 4.56. The van der Waals surface area contributed by atoms with Crippen molar-refractivity contribution in [2.75, 3.05) is 18.7 Å². The Hall–Kier alpha value is -1.55. The lowest BCUT2D eigenvalue weighted by atomic mass is 9.89. The first-order valence-corrected chi connectivity index (χ1v) is 6.62. The first-order valence-electron chi connectivity index (χ1n) is 6.62. The van der Waals surface area contributed by atoms with E-state index in [-0.39, 0.29) is 12.7 Å². The van der Waals surface area contributed by atoms with Crippen LogP contribution < -0.4 is 10.1 Å². The number of benzene rings is 1. The Labute approximate surface area is 115 Å². The van der Waals surface area contributed by atoms with Crippen molar-refractivity contribution < 1.29 is 14.3 Å². The molecule has 4 heteroatoms. The first-order chi connectivity index (χ1) is 9.01. The van der Waals surface area contributed by atoms with Crippen LogP contribution in [-0.2, 0) is 9.53 Å². The minimum atomic E-state index is -0.396. The molecule has 4 nitrogen and oxygen atoms in total. The van der Waals surface area contributed by atoms with Crippen LogP contribution in [-0.4, -0.2) is 19.3 Å². The molecule has 0 aromatic heterocycles. The summed E-state index contributed by atoms with van der Waals surface area (Å²) < 4.78 is 10.6. The standard InChI is InChI=1S/C15H23NO3/c1-5-15(3,4)14(17)16-12-9-7-8-10-13(12)19-11-18-6-2/h7-10H,5-6,11H2,1-4H3,(H,16,17). The zero-order chi connectivity index (χ0) is 14.3. The van der Waals surface area contributed by atoms with Gasteiger partial charge in [0.25, 0.3) is 0 Å². The Morgan fingerprint density at radius 1 is 1.26 bits per heavy atom. The molecule has 1 rings (SSSR count). The maximum Gasteiger partial charge on any atom is 0.230 e. The van der Waals surface area contributed by atoms with E-state index in [0.717, 1.165) is 6.42 Å². The highest BCUT2D eigenvalue weighted by Crippen LogP contribution is 2.27. The van der Waals surface area contributed by atoms with E-state index in [1.54, 1.807) is 0 Å². The second-order valence-corrected chi connectivity index (χ2v) is 4.94. The third-order valence-electron chi connectivity index (χ3n) is 3.14. The molecular formula is C15H23NO3. The van der Waals surface area contributed by atoms with Crippen molar-refractivity contribution in [1.29, 1.82) is 0 Å². The van der Waals surface area contributed by atoms with Crippen LogP contribution in [0.25, 0.3) is 0 Å². The van der Waals surface area contributed by atoms with Crippen LogP contribution in [0.5, 0.6) is 5.75 Å². The summed E-state index contributed by atoms with van der Waals surface area (Å²) in [4.78, 5) is 12.1. The Bertz CT molecular complexity index is 416. The van der Waals surface area contributed by atoms with E-state index in [9.17, 15) is 4.79 Å². The molecule has 1 amide bonds. The van der Waals surface area contributed by atoms with Gasteiger partial charge >= 0.3 is 0 Å². The van der Waals surface area contributed by atoms with E-state index in [0.29, 0.717) is 18.0 Å². The molecule has 1 aromatic carbocycles. The molecule has 0 fully saturated rings. The second-order valence-electron chi connectivity index (χ2n) is 4.94. The molecule has 0 bridgehead atoms. The van der Waals surface area contributed by atoms with Gasteiger partial charge in [-0.25, -0.2) is 0 Å². The third-order valence-corrected chi connectivity index (χ3v) is 3.14. The molecule has 0 unspecified atom stereocenters. The summed E-state index contributed by atoms with van der Waals surface area (Å²) in [5.41, 5.74) is 0.279. The van der Waals surface area contributed by atoms with Crippen LogP contribution in [0.15, 0.2) is 24.3 Å². The molecule has 1 aromatic rings. The largest absolute Gasteiger partial charge is 0.465 e. The van der Waals surface area contributed by atoms with Crippen molar-refractivity contribution in [3.05, 3.63) is 24.3 Å². The van der Waals surface area contributed by atoms with Gasteiger partial charge in [0.05, 0.1) is 5.69 Å². The molecule has 0 radical (unpaired) electrons. The lowest BCUT2D eigenvalue weighted by Gasteiger charge is -2.22. The molecule has 0 atom stereocenters. The highest BCUT2D eigenvalue weighted by molar-refractivity contribution is 5.95. The maximum absolute atomic E-state index is 12.1. The van der Waals surface area contributed by atoms with Gasteiger partial charge in [0, 0.05) is 12.0 Å². The van der Waals surface area contributed by atoms with Gasteiger partial charge in [-0.15, -0.1) is 0 Å². The summed E-state index contributed by atoms with van der Waals surface area (Å²) in [7, 11) is 0. The van der Waals surface area contributed by atoms with Gasteiger partial charge in [-0.3, -0.25) is 4.79 Å². The van der Waals surface area contributed by atoms with Crippen LogP contribution in [0.2, 0.25) is 0 Å². The molecule has 0 aliphatic heterocycles. The maximum atomic E-state index is 12.1. The van der Waals surface area contributed by atoms with Crippen molar-refractivity contribution in [3.8, 4) is 5.75 Å². The summed E-state index contributed by atoms with van der Waals surface area (Å²) in [6, 6.07) is 7.36. The van der Waals surface area contributed by atoms with Crippen molar-refractivity contribution in [2.24, 2.45) is 5.41 Å². The molecule has 0 saturated heterocycles. The van der Waals surface area contributed by atoms with E-state index in [2.05, 4.69) is 5.32 Å². The minimum Gasteiger partial charge on any atom is -0.465 e. The van der Waals surface area contributed by atoms with Crippen molar-refractivity contribution in [3.63, 3.8) is 0 Å². The molecule has 0 aliphatic rings. The zero-order valence-corrected chi connectivity index (χ0v) is 12.2. The number of carbonyl (C=O) groups excluding carboxylic acids is 1. The predicted molar refractivity (Wildman–Crippen MR) is 76.3 cm³/mol. The van der Waals surface area contributed by atoms with Crippen LogP contribution in [0.4, 0.5) is 5.69 Å². The highest BCUT2D eigenvalue weighted by Gasteiger charge is 2.25. The van der Waals surface area contributed by atoms with Gasteiger partial charge in [0.15, 0.2) is 6.79 Å². The highest BCUT2D eigenvalue weighted by atomic mass is 16.7. The molecular weight excluding hydrogens is 242 g/mol. The molecule has 19 heavy (non-hydrogen) atoms. The first kappa shape index (κ1) is 15.5. The molecule has 0 spiro atoms. The lowest BCUT2D eigenvalue weighted by Crippen LogP contribution is -2.30. The van der Waals surface area contributed by atoms with E-state index in [4.69, 9.17) is 9.47 Å². The van der Waals surface area contributed by atoms with E-state index in [1.807, 2.05) is 52.0 Å². The van der Waals surface area contributed by atoms with E-state index in [1.165, 1.54) is 0 Å². The fraction of sp³-hybridized carbons (Fsp3) is 0.533. The average molecular weight is 265 g/mol. The van der Waals surface area contributed by atoms with Crippen molar-refractivity contribution in [2.45, 2.75) is 34.1 Å². The number of carbonyl (C=O) groups is 1. The van der Waals surface area contributed by atoms with Gasteiger partial charge in [0.1, 0.15) is 5.75 Å². The number of ether oxygens (including phenoxy) is 2. The lowest BCUT2D eigenvalue weighted by molar-refractivity contribution is -0.124. The summed E-state index contributed by atoms with van der Waals surface area (Å²) in [5.74, 6) is 0.610. The fourth-order valence-corrected chi connectivity index (χ4v) is 1.34. The van der Waals surface area contributed by atoms with E-state index >= 15 is 0 Å². The SMILES string of the molecule is CCOCOc1ccccc1NC(=O)C(C)(C)CC. The zero-order valence-electron chi connectivity index (χ0n) is 12.2. The Balaban J connectivity index is 2.75. The van der Waals surface area contributed by atoms with Crippen LogP contribution in [0.3, 0.4) is 0 Å². The predicted octanol–water partition coefficient (Wildman–Crippen LogP) is 3.43. The van der Waals surface area contributed by atoms with Gasteiger partial charge in [-0.2, -0.15) is 0 Å². The average Bonchev–Trinajstić information content (AvgIpc) is 2.41. The Morgan fingerprint density at radius 3 is 2.58 bits per heavy atom. The van der Waals surface area contributed by atoms with Gasteiger partial charge in [0.2, 0.25) is 5.91 Å². The summed E-state index contributed by atoms with van der Waals surface area (Å²) in [5, 5.41) is 2.91. The summed E-state index contributed by atoms with van der Waals surface area (Å²) in [6.07, 6.45) is 0.779. The van der Waals surface area contributed by atoms with Gasteiger partial charge < -0.3 is 14.8 Å². The number of hydrogen-bond donors (Lipinski definition) is 1. The topological polar surface area (TPSA) is 47.6 Å². The van der Waals surface area contributed by atoms with Crippen LogP contribution >= 0.6 is 0 Å². The second kappa shape index (κ2) is 7.14. The molecule has 106 valence electrons. The molecule has 0 saturated carbocycles. The Morgan fingerprint density at radius 2 is 1.95 bits per heavy atom. The molecule has 1 N–H and O–H groups in total.